The Balaban J connectivity index is 2.54. The van der Waals surface area contributed by atoms with Gasteiger partial charge in [0.05, 0.1) is 10.9 Å². The molecule has 1 aliphatic heterocycles. The zero-order valence-corrected chi connectivity index (χ0v) is 7.82. The molecule has 0 bridgehead atoms. The number of hydrogen-bond acceptors (Lipinski definition) is 2. The second-order valence-corrected chi connectivity index (χ2v) is 3.35. The topological polar surface area (TPSA) is 49.7 Å². The van der Waals surface area contributed by atoms with Crippen LogP contribution in [0.4, 0.5) is 13.2 Å². The molecule has 1 N–H and O–H groups in total. The summed E-state index contributed by atoms with van der Waals surface area (Å²) in [6.07, 6.45) is -3.23. The van der Waals surface area contributed by atoms with E-state index < -0.39 is 23.8 Å². The average Bonchev–Trinajstić information content (AvgIpc) is 2.58. The van der Waals surface area contributed by atoms with Crippen LogP contribution >= 0.6 is 0 Å². The monoisotopic (exact) mass is 229 g/mol. The van der Waals surface area contributed by atoms with Gasteiger partial charge < -0.3 is 5.11 Å². The van der Waals surface area contributed by atoms with E-state index in [9.17, 15) is 18.0 Å². The van der Waals surface area contributed by atoms with Crippen LogP contribution in [-0.4, -0.2) is 17.1 Å². The van der Waals surface area contributed by atoms with Gasteiger partial charge in [-0.3, -0.25) is 4.99 Å². The molecule has 3 nitrogen and oxygen atoms in total. The van der Waals surface area contributed by atoms with E-state index in [1.54, 1.807) is 0 Å². The van der Waals surface area contributed by atoms with Crippen LogP contribution in [0.3, 0.4) is 0 Å². The summed E-state index contributed by atoms with van der Waals surface area (Å²) in [7, 11) is 0. The highest BCUT2D eigenvalue weighted by molar-refractivity contribution is 5.82. The molecule has 0 radical (unpaired) electrons. The van der Waals surface area contributed by atoms with Gasteiger partial charge in [0.2, 0.25) is 0 Å². The summed E-state index contributed by atoms with van der Waals surface area (Å²) in [5.74, 6) is -1.18. The molecule has 0 unspecified atom stereocenters. The van der Waals surface area contributed by atoms with Gasteiger partial charge in [0.15, 0.2) is 6.04 Å². The van der Waals surface area contributed by atoms with Crippen LogP contribution < -0.4 is 10.6 Å². The smallest absolute Gasteiger partial charge is 0.416 e. The number of hydrogen-bond donors (Lipinski definition) is 1. The van der Waals surface area contributed by atoms with Crippen molar-refractivity contribution in [3.63, 3.8) is 0 Å². The highest BCUT2D eigenvalue weighted by Crippen LogP contribution is 2.27. The van der Waals surface area contributed by atoms with Crippen molar-refractivity contribution in [1.82, 2.24) is 0 Å². The minimum absolute atomic E-state index is 0.210. The molecular weight excluding hydrogens is 223 g/mol. The van der Waals surface area contributed by atoms with Crippen LogP contribution in [0.1, 0.15) is 5.56 Å². The molecule has 0 fully saturated rings. The summed E-state index contributed by atoms with van der Waals surface area (Å²) >= 11 is 0. The number of fused-ring (bicyclic) bond motifs is 1. The van der Waals surface area contributed by atoms with Gasteiger partial charge >= 0.3 is 12.1 Å². The molecule has 16 heavy (non-hydrogen) atoms. The maximum atomic E-state index is 12.4. The van der Waals surface area contributed by atoms with E-state index in [-0.39, 0.29) is 10.6 Å². The van der Waals surface area contributed by atoms with Gasteiger partial charge in [0.1, 0.15) is 0 Å². The van der Waals surface area contributed by atoms with Crippen LogP contribution in [0.25, 0.3) is 6.08 Å². The zero-order valence-electron chi connectivity index (χ0n) is 7.82. The largest absolute Gasteiger partial charge is 0.479 e. The molecule has 0 saturated carbocycles. The fraction of sp³-hybridized carbons (Fsp3) is 0.200. The van der Waals surface area contributed by atoms with Crippen molar-refractivity contribution in [3.05, 3.63) is 34.3 Å². The number of nitrogens with zero attached hydrogens (tertiary/aromatic N) is 1. The second kappa shape index (κ2) is 3.33. The number of rotatable bonds is 1. The normalized spacial score (nSPS) is 18.6. The summed E-state index contributed by atoms with van der Waals surface area (Å²) in [5, 5.41) is 9.16. The molecule has 1 aliphatic rings. The van der Waals surface area contributed by atoms with Gasteiger partial charge in [-0.2, -0.15) is 13.2 Å². The lowest BCUT2D eigenvalue weighted by molar-refractivity contribution is -0.138. The molecule has 0 aliphatic carbocycles. The van der Waals surface area contributed by atoms with Gasteiger partial charge in [-0.25, -0.2) is 4.79 Å². The molecule has 1 atom stereocenters. The third-order valence-corrected chi connectivity index (χ3v) is 2.22. The first-order valence-electron chi connectivity index (χ1n) is 4.38. The molecule has 84 valence electrons. The minimum Gasteiger partial charge on any atom is -0.479 e. The maximum Gasteiger partial charge on any atom is 0.416 e. The Bertz CT molecular complexity index is 562. The Morgan fingerprint density at radius 3 is 2.62 bits per heavy atom. The predicted octanol–water partition coefficient (Wildman–Crippen LogP) is 0.572. The number of carboxylic acids is 1. The second-order valence-electron chi connectivity index (χ2n) is 3.35. The lowest BCUT2D eigenvalue weighted by atomic mass is 10.1. The minimum atomic E-state index is -4.43. The molecule has 0 amide bonds. The molecule has 1 heterocycles. The lowest BCUT2D eigenvalue weighted by Gasteiger charge is -2.04. The molecule has 0 saturated heterocycles. The number of halogens is 3. The Labute approximate surface area is 87.5 Å². The van der Waals surface area contributed by atoms with E-state index in [4.69, 9.17) is 5.11 Å². The van der Waals surface area contributed by atoms with Gasteiger partial charge in [-0.05, 0) is 29.5 Å². The standard InChI is InChI=1S/C10H6F3NO2/c11-10(12,13)6-1-2-7-5(3-6)4-8(14-7)9(15)16/h1-4,8H,(H,15,16)/t8-/m1/s1. The fourth-order valence-corrected chi connectivity index (χ4v) is 1.47. The summed E-state index contributed by atoms with van der Waals surface area (Å²) in [6.45, 7) is 0. The van der Waals surface area contributed by atoms with Gasteiger partial charge in [-0.1, -0.05) is 0 Å². The maximum absolute atomic E-state index is 12.4. The quantitative estimate of drug-likeness (QED) is 0.765. The molecule has 0 aromatic heterocycles. The molecule has 0 spiro atoms. The van der Waals surface area contributed by atoms with Crippen LogP contribution in [0.2, 0.25) is 0 Å². The van der Waals surface area contributed by atoms with Crippen molar-refractivity contribution < 1.29 is 23.1 Å². The van der Waals surface area contributed by atoms with Crippen molar-refractivity contribution in [2.24, 2.45) is 4.99 Å². The van der Waals surface area contributed by atoms with E-state index in [0.29, 0.717) is 0 Å². The lowest BCUT2D eigenvalue weighted by Crippen LogP contribution is -2.23. The molecular formula is C10H6F3NO2. The number of carbonyl (C=O) groups is 1. The highest BCUT2D eigenvalue weighted by atomic mass is 19.4. The van der Waals surface area contributed by atoms with Gasteiger partial charge in [0, 0.05) is 0 Å². The Kier molecular flexibility index (Phi) is 2.22. The third-order valence-electron chi connectivity index (χ3n) is 2.22. The molecule has 2 rings (SSSR count). The number of aliphatic carboxylic acids is 1. The van der Waals surface area contributed by atoms with E-state index >= 15 is 0 Å². The zero-order chi connectivity index (χ0) is 11.9. The first-order valence-corrected chi connectivity index (χ1v) is 4.38. The van der Waals surface area contributed by atoms with Crippen LogP contribution in [0, 0.1) is 0 Å². The number of benzene rings is 1. The van der Waals surface area contributed by atoms with Crippen molar-refractivity contribution in [1.29, 1.82) is 0 Å². The highest BCUT2D eigenvalue weighted by Gasteiger charge is 2.30. The first-order chi connectivity index (χ1) is 7.38. The summed E-state index contributed by atoms with van der Waals surface area (Å²) in [5.41, 5.74) is -0.802. The molecule has 6 heteroatoms. The Morgan fingerprint density at radius 1 is 1.38 bits per heavy atom. The van der Waals surface area contributed by atoms with Gasteiger partial charge in [0.25, 0.3) is 0 Å². The Hall–Kier alpha value is -1.85. The van der Waals surface area contributed by atoms with Crippen LogP contribution in [0.15, 0.2) is 23.2 Å². The van der Waals surface area contributed by atoms with Crippen molar-refractivity contribution >= 4 is 12.0 Å². The van der Waals surface area contributed by atoms with E-state index in [1.807, 2.05) is 0 Å². The Morgan fingerprint density at radius 2 is 2.06 bits per heavy atom. The SMILES string of the molecule is O=C(O)[C@H]1C=c2cc(C(F)(F)F)ccc2=N1. The van der Waals surface area contributed by atoms with E-state index in [1.165, 1.54) is 12.1 Å². The summed E-state index contributed by atoms with van der Waals surface area (Å²) < 4.78 is 37.1. The van der Waals surface area contributed by atoms with Crippen LogP contribution in [0.5, 0.6) is 0 Å². The number of carboxylic acid groups (broad SMARTS) is 1. The third kappa shape index (κ3) is 1.78. The van der Waals surface area contributed by atoms with Gasteiger partial charge in [-0.15, -0.1) is 0 Å². The van der Waals surface area contributed by atoms with Crippen LogP contribution in [-0.2, 0) is 11.0 Å². The van der Waals surface area contributed by atoms with Crippen molar-refractivity contribution in [3.8, 4) is 0 Å². The summed E-state index contributed by atoms with van der Waals surface area (Å²) in [4.78, 5) is 14.4. The number of alkyl halides is 3. The van der Waals surface area contributed by atoms with E-state index in [2.05, 4.69) is 4.99 Å². The predicted molar refractivity (Wildman–Crippen MR) is 48.1 cm³/mol. The van der Waals surface area contributed by atoms with Crippen molar-refractivity contribution in [2.75, 3.05) is 0 Å². The summed E-state index contributed by atoms with van der Waals surface area (Å²) in [6, 6.07) is 1.89. The fourth-order valence-electron chi connectivity index (χ4n) is 1.47. The van der Waals surface area contributed by atoms with E-state index in [0.717, 1.165) is 12.1 Å². The van der Waals surface area contributed by atoms with Crippen molar-refractivity contribution in [2.45, 2.75) is 12.2 Å². The molecule has 1 aromatic rings. The molecule has 1 aromatic carbocycles. The first kappa shape index (κ1) is 10.7. The average molecular weight is 229 g/mol.